The number of carboxylic acid groups (broad SMARTS) is 1. The Labute approximate surface area is 196 Å². The van der Waals surface area contributed by atoms with Crippen molar-refractivity contribution in [1.82, 2.24) is 0 Å². The summed E-state index contributed by atoms with van der Waals surface area (Å²) in [6, 6.07) is 25.7. The second-order valence-electron chi connectivity index (χ2n) is 9.80. The van der Waals surface area contributed by atoms with E-state index in [0.717, 1.165) is 31.6 Å². The molecule has 0 unspecified atom stereocenters. The predicted molar refractivity (Wildman–Crippen MR) is 135 cm³/mol. The monoisotopic (exact) mass is 440 g/mol. The molecule has 0 aromatic heterocycles. The van der Waals surface area contributed by atoms with Gasteiger partial charge in [-0.1, -0.05) is 74.5 Å². The number of nitrogens with zero attached hydrogens (tertiary/aromatic N) is 2. The van der Waals surface area contributed by atoms with E-state index in [2.05, 4.69) is 91.5 Å². The Hall–Kier alpha value is -3.27. The van der Waals surface area contributed by atoms with E-state index in [-0.39, 0.29) is 10.8 Å². The maximum atomic E-state index is 12.2. The van der Waals surface area contributed by atoms with E-state index in [1.807, 2.05) is 6.92 Å². The topological polar surface area (TPSA) is 43.8 Å². The van der Waals surface area contributed by atoms with Gasteiger partial charge in [-0.3, -0.25) is 4.90 Å². The average molecular weight is 441 g/mol. The molecule has 0 spiro atoms. The van der Waals surface area contributed by atoms with Gasteiger partial charge in [0.15, 0.2) is 0 Å². The van der Waals surface area contributed by atoms with Crippen molar-refractivity contribution >= 4 is 17.5 Å². The van der Waals surface area contributed by atoms with Crippen LogP contribution in [0.1, 0.15) is 55.9 Å². The summed E-state index contributed by atoms with van der Waals surface area (Å²) in [4.78, 5) is 16.2. The maximum absolute atomic E-state index is 12.2. The van der Waals surface area contributed by atoms with Crippen molar-refractivity contribution in [2.45, 2.75) is 44.4 Å². The van der Waals surface area contributed by atoms with Gasteiger partial charge in [0.05, 0.1) is 0 Å². The average Bonchev–Trinajstić information content (AvgIpc) is 2.84. The Morgan fingerprint density at radius 2 is 1.33 bits per heavy atom. The van der Waals surface area contributed by atoms with Crippen LogP contribution in [0, 0.1) is 0 Å². The minimum Gasteiger partial charge on any atom is -0.465 e. The van der Waals surface area contributed by atoms with Gasteiger partial charge in [-0.05, 0) is 54.2 Å². The van der Waals surface area contributed by atoms with Crippen molar-refractivity contribution in [2.75, 3.05) is 29.4 Å². The normalized spacial score (nSPS) is 23.7. The minimum absolute atomic E-state index is 0.176. The molecule has 2 heterocycles. The molecule has 33 heavy (non-hydrogen) atoms. The molecule has 0 saturated heterocycles. The fourth-order valence-electron chi connectivity index (χ4n) is 5.92. The van der Waals surface area contributed by atoms with Crippen LogP contribution in [0.4, 0.5) is 16.2 Å². The fourth-order valence-corrected chi connectivity index (χ4v) is 5.92. The van der Waals surface area contributed by atoms with Crippen molar-refractivity contribution in [3.8, 4) is 0 Å². The van der Waals surface area contributed by atoms with Gasteiger partial charge in [0.1, 0.15) is 0 Å². The molecule has 0 fully saturated rings. The van der Waals surface area contributed by atoms with Crippen LogP contribution in [0.2, 0.25) is 0 Å². The Bertz CT molecular complexity index is 1100. The molecule has 4 nitrogen and oxygen atoms in total. The summed E-state index contributed by atoms with van der Waals surface area (Å²) in [5.41, 5.74) is 6.78. The van der Waals surface area contributed by atoms with E-state index in [1.54, 1.807) is 0 Å². The molecular formula is C29H32N2O2. The molecule has 2 aliphatic heterocycles. The molecule has 2 aliphatic rings. The van der Waals surface area contributed by atoms with Gasteiger partial charge < -0.3 is 10.0 Å². The summed E-state index contributed by atoms with van der Waals surface area (Å²) in [6.45, 7) is 8.98. The van der Waals surface area contributed by atoms with E-state index in [0.29, 0.717) is 6.54 Å². The number of rotatable bonds is 4. The van der Waals surface area contributed by atoms with E-state index >= 15 is 0 Å². The number of hydrogen-bond donors (Lipinski definition) is 1. The van der Waals surface area contributed by atoms with Crippen molar-refractivity contribution in [1.29, 1.82) is 0 Å². The first-order valence-electron chi connectivity index (χ1n) is 11.9. The molecule has 4 heteroatoms. The number of amides is 1. The lowest BCUT2D eigenvalue weighted by molar-refractivity contribution is 0.202. The lowest BCUT2D eigenvalue weighted by Crippen LogP contribution is -2.47. The van der Waals surface area contributed by atoms with E-state index in [4.69, 9.17) is 0 Å². The second-order valence-corrected chi connectivity index (χ2v) is 9.80. The quantitative estimate of drug-likeness (QED) is 0.509. The summed E-state index contributed by atoms with van der Waals surface area (Å²) in [5, 5.41) is 9.97. The van der Waals surface area contributed by atoms with Crippen LogP contribution in [-0.4, -0.2) is 30.8 Å². The predicted octanol–water partition coefficient (Wildman–Crippen LogP) is 6.42. The van der Waals surface area contributed by atoms with Gasteiger partial charge in [-0.15, -0.1) is 0 Å². The number of anilines is 2. The van der Waals surface area contributed by atoms with Crippen LogP contribution in [0.5, 0.6) is 0 Å². The zero-order valence-electron chi connectivity index (χ0n) is 19.7. The smallest absolute Gasteiger partial charge is 0.411 e. The summed E-state index contributed by atoms with van der Waals surface area (Å²) in [7, 11) is 0. The van der Waals surface area contributed by atoms with Gasteiger partial charge in [0.25, 0.3) is 0 Å². The van der Waals surface area contributed by atoms with Crippen molar-refractivity contribution < 1.29 is 9.90 Å². The van der Waals surface area contributed by atoms with Gasteiger partial charge in [-0.25, -0.2) is 4.79 Å². The Morgan fingerprint density at radius 3 is 1.73 bits per heavy atom. The fraction of sp³-hybridized carbons (Fsp3) is 0.345. The molecule has 0 aliphatic carbocycles. The highest BCUT2D eigenvalue weighted by Crippen LogP contribution is 2.54. The molecule has 1 amide bonds. The number of benzene rings is 3. The minimum atomic E-state index is -0.907. The highest BCUT2D eigenvalue weighted by Gasteiger charge is 2.45. The maximum Gasteiger partial charge on any atom is 0.411 e. The molecule has 3 aromatic rings. The first kappa shape index (κ1) is 21.6. The number of hydrogen-bond acceptors (Lipinski definition) is 2. The van der Waals surface area contributed by atoms with Crippen molar-refractivity contribution in [3.63, 3.8) is 0 Å². The largest absolute Gasteiger partial charge is 0.465 e. The SMILES string of the molecule is CCN(C(=O)O)c1cc2c3c(c1)[C@@](C)(c1ccccc1)CCN3CC[C@@]2(C)c1ccccc1. The van der Waals surface area contributed by atoms with Crippen LogP contribution in [-0.2, 0) is 10.8 Å². The summed E-state index contributed by atoms with van der Waals surface area (Å²) >= 11 is 0. The molecule has 0 radical (unpaired) electrons. The Kier molecular flexibility index (Phi) is 5.19. The zero-order chi connectivity index (χ0) is 23.2. The van der Waals surface area contributed by atoms with Crippen LogP contribution >= 0.6 is 0 Å². The summed E-state index contributed by atoms with van der Waals surface area (Å²) in [6.07, 6.45) is 1.11. The lowest BCUT2D eigenvalue weighted by Gasteiger charge is -2.50. The van der Waals surface area contributed by atoms with Crippen molar-refractivity contribution in [3.05, 3.63) is 95.1 Å². The van der Waals surface area contributed by atoms with E-state index in [1.165, 1.54) is 32.8 Å². The molecule has 0 saturated carbocycles. The summed E-state index contributed by atoms with van der Waals surface area (Å²) < 4.78 is 0. The van der Waals surface area contributed by atoms with Gasteiger partial charge in [0, 0.05) is 41.8 Å². The molecule has 170 valence electrons. The standard InChI is InChI=1S/C29H32N2O2/c1-4-31(27(32)33)23-19-24-26-25(20-23)29(3,22-13-9-6-10-14-22)16-18-30(26)17-15-28(24,2)21-11-7-5-8-12-21/h5-14,19-20H,4,15-18H2,1-3H3,(H,32,33)/t28-,29+. The third kappa shape index (κ3) is 3.31. The van der Waals surface area contributed by atoms with Crippen LogP contribution in [0.25, 0.3) is 0 Å². The highest BCUT2D eigenvalue weighted by atomic mass is 16.4. The zero-order valence-corrected chi connectivity index (χ0v) is 19.7. The summed E-state index contributed by atoms with van der Waals surface area (Å²) in [5.74, 6) is 0. The first-order chi connectivity index (χ1) is 15.9. The molecule has 2 atom stereocenters. The number of carbonyl (C=O) groups is 1. The lowest BCUT2D eigenvalue weighted by atomic mass is 9.64. The van der Waals surface area contributed by atoms with E-state index in [9.17, 15) is 9.90 Å². The van der Waals surface area contributed by atoms with Crippen LogP contribution in [0.15, 0.2) is 72.8 Å². The third-order valence-electron chi connectivity index (χ3n) is 8.04. The second kappa shape index (κ2) is 7.95. The van der Waals surface area contributed by atoms with Gasteiger partial charge in [-0.2, -0.15) is 0 Å². The van der Waals surface area contributed by atoms with Crippen LogP contribution in [0.3, 0.4) is 0 Å². The Balaban J connectivity index is 1.82. The molecule has 3 aromatic carbocycles. The molecule has 0 bridgehead atoms. The third-order valence-corrected chi connectivity index (χ3v) is 8.04. The van der Waals surface area contributed by atoms with E-state index < -0.39 is 6.09 Å². The Morgan fingerprint density at radius 1 is 0.879 bits per heavy atom. The highest BCUT2D eigenvalue weighted by molar-refractivity contribution is 5.88. The molecular weight excluding hydrogens is 408 g/mol. The van der Waals surface area contributed by atoms with Crippen LogP contribution < -0.4 is 9.80 Å². The van der Waals surface area contributed by atoms with Crippen molar-refractivity contribution in [2.24, 2.45) is 0 Å². The molecule has 1 N–H and O–H groups in total. The molecule has 5 rings (SSSR count). The van der Waals surface area contributed by atoms with Gasteiger partial charge >= 0.3 is 6.09 Å². The van der Waals surface area contributed by atoms with Gasteiger partial charge in [0.2, 0.25) is 0 Å². The first-order valence-corrected chi connectivity index (χ1v) is 11.9.